The number of carbonyl (C=O) groups is 1. The zero-order chi connectivity index (χ0) is 14.6. The molecular weight excluding hydrogens is 262 g/mol. The van der Waals surface area contributed by atoms with Crippen LogP contribution in [0.1, 0.15) is 32.1 Å². The fraction of sp³-hybridized carbons (Fsp3) is 0.538. The predicted molar refractivity (Wildman–Crippen MR) is 72.5 cm³/mol. The van der Waals surface area contributed by atoms with E-state index in [0.29, 0.717) is 12.8 Å². The number of pyridine rings is 1. The van der Waals surface area contributed by atoms with Crippen LogP contribution in [0.15, 0.2) is 18.3 Å². The summed E-state index contributed by atoms with van der Waals surface area (Å²) in [6, 6.07) is 2.83. The second kappa shape index (κ2) is 5.85. The van der Waals surface area contributed by atoms with Crippen LogP contribution in [0, 0.1) is 15.5 Å². The maximum absolute atomic E-state index is 11.5. The molecule has 0 aromatic carbocycles. The van der Waals surface area contributed by atoms with E-state index in [1.165, 1.54) is 18.3 Å². The number of anilines is 1. The predicted octanol–water partition coefficient (Wildman–Crippen LogP) is 2.44. The SMILES string of the molecule is O=C(O)C1(CNc2ncccc2[N+](=O)[O-])CCCCC1. The number of aromatic nitrogens is 1. The van der Waals surface area contributed by atoms with E-state index in [1.807, 2.05) is 0 Å². The third-order valence-electron chi connectivity index (χ3n) is 3.84. The van der Waals surface area contributed by atoms with Crippen LogP contribution in [0.2, 0.25) is 0 Å². The smallest absolute Gasteiger partial charge is 0.311 e. The summed E-state index contributed by atoms with van der Waals surface area (Å²) < 4.78 is 0. The number of carboxylic acid groups (broad SMARTS) is 1. The number of rotatable bonds is 5. The highest BCUT2D eigenvalue weighted by atomic mass is 16.6. The molecule has 20 heavy (non-hydrogen) atoms. The molecule has 1 fully saturated rings. The van der Waals surface area contributed by atoms with Crippen molar-refractivity contribution >= 4 is 17.5 Å². The number of aliphatic carboxylic acids is 1. The van der Waals surface area contributed by atoms with Crippen LogP contribution >= 0.6 is 0 Å². The lowest BCUT2D eigenvalue weighted by molar-refractivity contribution is -0.384. The molecule has 1 aromatic heterocycles. The van der Waals surface area contributed by atoms with Gasteiger partial charge in [0.25, 0.3) is 0 Å². The van der Waals surface area contributed by atoms with Gasteiger partial charge < -0.3 is 10.4 Å². The van der Waals surface area contributed by atoms with Gasteiger partial charge in [0.1, 0.15) is 0 Å². The van der Waals surface area contributed by atoms with E-state index in [0.717, 1.165) is 19.3 Å². The standard InChI is InChI=1S/C13H17N3O4/c17-12(18)13(6-2-1-3-7-13)9-15-11-10(16(19)20)5-4-8-14-11/h4-5,8H,1-3,6-7,9H2,(H,14,15)(H,17,18). The van der Waals surface area contributed by atoms with Gasteiger partial charge >= 0.3 is 11.7 Å². The summed E-state index contributed by atoms with van der Waals surface area (Å²) >= 11 is 0. The molecule has 0 aliphatic heterocycles. The van der Waals surface area contributed by atoms with Gasteiger partial charge in [-0.25, -0.2) is 4.98 Å². The Morgan fingerprint density at radius 2 is 2.15 bits per heavy atom. The number of nitro groups is 1. The summed E-state index contributed by atoms with van der Waals surface area (Å²) in [6.07, 6.45) is 5.42. The van der Waals surface area contributed by atoms with Crippen molar-refractivity contribution < 1.29 is 14.8 Å². The third kappa shape index (κ3) is 2.87. The van der Waals surface area contributed by atoms with Gasteiger partial charge in [0.05, 0.1) is 10.3 Å². The average Bonchev–Trinajstić information content (AvgIpc) is 2.46. The van der Waals surface area contributed by atoms with Gasteiger partial charge in [-0.05, 0) is 18.9 Å². The highest BCUT2D eigenvalue weighted by Crippen LogP contribution is 2.37. The Kier molecular flexibility index (Phi) is 4.16. The molecule has 0 spiro atoms. The third-order valence-corrected chi connectivity index (χ3v) is 3.84. The normalized spacial score (nSPS) is 17.4. The molecule has 0 unspecified atom stereocenters. The fourth-order valence-electron chi connectivity index (χ4n) is 2.63. The van der Waals surface area contributed by atoms with Gasteiger partial charge in [-0.3, -0.25) is 14.9 Å². The lowest BCUT2D eigenvalue weighted by Crippen LogP contribution is -2.39. The number of hydrogen-bond acceptors (Lipinski definition) is 5. The van der Waals surface area contributed by atoms with Crippen LogP contribution in [0.5, 0.6) is 0 Å². The van der Waals surface area contributed by atoms with Crippen molar-refractivity contribution in [1.82, 2.24) is 4.98 Å². The van der Waals surface area contributed by atoms with E-state index >= 15 is 0 Å². The summed E-state index contributed by atoms with van der Waals surface area (Å²) in [5.41, 5.74) is -0.979. The van der Waals surface area contributed by atoms with E-state index in [9.17, 15) is 20.0 Å². The first kappa shape index (κ1) is 14.2. The second-order valence-corrected chi connectivity index (χ2v) is 5.13. The van der Waals surface area contributed by atoms with Crippen LogP contribution < -0.4 is 5.32 Å². The average molecular weight is 279 g/mol. The van der Waals surface area contributed by atoms with Gasteiger partial charge in [0.15, 0.2) is 0 Å². The van der Waals surface area contributed by atoms with E-state index in [-0.39, 0.29) is 18.1 Å². The molecule has 0 atom stereocenters. The molecule has 0 amide bonds. The Hall–Kier alpha value is -2.18. The number of hydrogen-bond donors (Lipinski definition) is 2. The monoisotopic (exact) mass is 279 g/mol. The summed E-state index contributed by atoms with van der Waals surface area (Å²) in [5, 5.41) is 23.2. The van der Waals surface area contributed by atoms with Crippen molar-refractivity contribution in [3.63, 3.8) is 0 Å². The van der Waals surface area contributed by atoms with Crippen molar-refractivity contribution in [3.8, 4) is 0 Å². The molecule has 2 rings (SSSR count). The van der Waals surface area contributed by atoms with E-state index < -0.39 is 16.3 Å². The van der Waals surface area contributed by atoms with Crippen LogP contribution in [0.3, 0.4) is 0 Å². The summed E-state index contributed by atoms with van der Waals surface area (Å²) in [7, 11) is 0. The molecule has 1 heterocycles. The Labute approximate surface area is 116 Å². The number of carboxylic acids is 1. The van der Waals surface area contributed by atoms with Gasteiger partial charge in [0, 0.05) is 18.8 Å². The fourth-order valence-corrected chi connectivity index (χ4v) is 2.63. The summed E-state index contributed by atoms with van der Waals surface area (Å²) in [6.45, 7) is 0.167. The molecule has 7 nitrogen and oxygen atoms in total. The van der Waals surface area contributed by atoms with Gasteiger partial charge in [-0.2, -0.15) is 0 Å². The van der Waals surface area contributed by atoms with E-state index in [4.69, 9.17) is 0 Å². The molecule has 108 valence electrons. The number of nitrogens with one attached hydrogen (secondary N) is 1. The highest BCUT2D eigenvalue weighted by Gasteiger charge is 2.39. The zero-order valence-corrected chi connectivity index (χ0v) is 11.0. The van der Waals surface area contributed by atoms with E-state index in [1.54, 1.807) is 0 Å². The lowest BCUT2D eigenvalue weighted by Gasteiger charge is -2.33. The van der Waals surface area contributed by atoms with Gasteiger partial charge in [0.2, 0.25) is 5.82 Å². The second-order valence-electron chi connectivity index (χ2n) is 5.13. The molecule has 1 aliphatic rings. The molecule has 1 aromatic rings. The number of nitrogens with zero attached hydrogens (tertiary/aromatic N) is 2. The van der Waals surface area contributed by atoms with Crippen molar-refractivity contribution in [2.75, 3.05) is 11.9 Å². The summed E-state index contributed by atoms with van der Waals surface area (Å²) in [5.74, 6) is -0.716. The Balaban J connectivity index is 2.14. The molecule has 0 radical (unpaired) electrons. The minimum atomic E-state index is -0.844. The molecule has 0 saturated heterocycles. The Morgan fingerprint density at radius 1 is 1.45 bits per heavy atom. The van der Waals surface area contributed by atoms with Crippen LogP contribution in [-0.2, 0) is 4.79 Å². The molecule has 2 N–H and O–H groups in total. The molecule has 0 bridgehead atoms. The Morgan fingerprint density at radius 3 is 2.75 bits per heavy atom. The molecule has 7 heteroatoms. The molecule has 1 aliphatic carbocycles. The molecule has 1 saturated carbocycles. The maximum Gasteiger partial charge on any atom is 0.311 e. The van der Waals surface area contributed by atoms with Gasteiger partial charge in [-0.1, -0.05) is 19.3 Å². The highest BCUT2D eigenvalue weighted by molar-refractivity contribution is 5.75. The Bertz CT molecular complexity index is 512. The summed E-state index contributed by atoms with van der Waals surface area (Å²) in [4.78, 5) is 25.8. The lowest BCUT2D eigenvalue weighted by atomic mass is 9.74. The first-order valence-corrected chi connectivity index (χ1v) is 6.62. The van der Waals surface area contributed by atoms with Crippen molar-refractivity contribution in [1.29, 1.82) is 0 Å². The van der Waals surface area contributed by atoms with Crippen molar-refractivity contribution in [3.05, 3.63) is 28.4 Å². The quantitative estimate of drug-likeness (QED) is 0.633. The van der Waals surface area contributed by atoms with Crippen LogP contribution in [0.25, 0.3) is 0 Å². The van der Waals surface area contributed by atoms with Crippen LogP contribution in [0.4, 0.5) is 11.5 Å². The minimum absolute atomic E-state index is 0.128. The van der Waals surface area contributed by atoms with Crippen LogP contribution in [-0.4, -0.2) is 27.5 Å². The maximum atomic E-state index is 11.5. The first-order chi connectivity index (χ1) is 9.55. The first-order valence-electron chi connectivity index (χ1n) is 6.62. The largest absolute Gasteiger partial charge is 0.481 e. The minimum Gasteiger partial charge on any atom is -0.481 e. The topological polar surface area (TPSA) is 105 Å². The van der Waals surface area contributed by atoms with E-state index in [2.05, 4.69) is 10.3 Å². The van der Waals surface area contributed by atoms with Gasteiger partial charge in [-0.15, -0.1) is 0 Å². The van der Waals surface area contributed by atoms with Crippen molar-refractivity contribution in [2.24, 2.45) is 5.41 Å². The zero-order valence-electron chi connectivity index (χ0n) is 11.0. The molecular formula is C13H17N3O4. The van der Waals surface area contributed by atoms with Crippen molar-refractivity contribution in [2.45, 2.75) is 32.1 Å².